The van der Waals surface area contributed by atoms with Gasteiger partial charge in [0.25, 0.3) is 0 Å². The van der Waals surface area contributed by atoms with E-state index in [2.05, 4.69) is 20.8 Å². The quantitative estimate of drug-likeness (QED) is 0.591. The first-order chi connectivity index (χ1) is 14.6. The van der Waals surface area contributed by atoms with Gasteiger partial charge in [0.15, 0.2) is 0 Å². The van der Waals surface area contributed by atoms with Crippen molar-refractivity contribution in [1.82, 2.24) is 0 Å². The maximum atomic E-state index is 12.1. The zero-order valence-corrected chi connectivity index (χ0v) is 20.1. The summed E-state index contributed by atoms with van der Waals surface area (Å²) in [5, 5.41) is 22.9. The summed E-state index contributed by atoms with van der Waals surface area (Å²) in [5.41, 5.74) is -0.0552. The molecule has 4 nitrogen and oxygen atoms in total. The summed E-state index contributed by atoms with van der Waals surface area (Å²) in [4.78, 5) is 23.1. The first-order valence-corrected chi connectivity index (χ1v) is 13.0. The van der Waals surface area contributed by atoms with E-state index < -0.39 is 0 Å². The van der Waals surface area contributed by atoms with Crippen molar-refractivity contribution in [2.45, 2.75) is 104 Å². The van der Waals surface area contributed by atoms with E-state index in [-0.39, 0.29) is 40.8 Å². The Kier molecular flexibility index (Phi) is 6.46. The van der Waals surface area contributed by atoms with Crippen molar-refractivity contribution in [2.24, 2.45) is 52.3 Å². The van der Waals surface area contributed by atoms with Crippen LogP contribution < -0.4 is 0 Å². The van der Waals surface area contributed by atoms with E-state index in [9.17, 15) is 19.8 Å². The molecular weight excluding hydrogens is 388 g/mol. The van der Waals surface area contributed by atoms with Crippen molar-refractivity contribution in [2.75, 3.05) is 0 Å². The largest absolute Gasteiger partial charge is 0.393 e. The third-order valence-corrected chi connectivity index (χ3v) is 10.9. The molecule has 4 aliphatic rings. The van der Waals surface area contributed by atoms with E-state index in [4.69, 9.17) is 0 Å². The van der Waals surface area contributed by atoms with E-state index in [1.807, 2.05) is 6.92 Å². The van der Waals surface area contributed by atoms with Gasteiger partial charge in [0.05, 0.1) is 12.2 Å². The number of rotatable bonds is 6. The average Bonchev–Trinajstić information content (AvgIpc) is 3.08. The molecule has 4 fully saturated rings. The number of aliphatic hydroxyl groups is 2. The smallest absolute Gasteiger partial charge is 0.133 e. The lowest BCUT2D eigenvalue weighted by atomic mass is 9.43. The van der Waals surface area contributed by atoms with Crippen LogP contribution in [0.5, 0.6) is 0 Å². The molecule has 4 saturated carbocycles. The lowest BCUT2D eigenvalue weighted by molar-refractivity contribution is -0.201. The summed E-state index contributed by atoms with van der Waals surface area (Å²) < 4.78 is 0. The predicted octanol–water partition coefficient (Wildman–Crippen LogP) is 4.80. The van der Waals surface area contributed by atoms with Gasteiger partial charge in [-0.05, 0) is 84.9 Å². The van der Waals surface area contributed by atoms with Gasteiger partial charge in [-0.2, -0.15) is 0 Å². The standard InChI is InChI=1S/C27H44O4/c1-16(15-28)6-5-7-17(2)20-8-9-21-25-22(14-24(31)27(20,21)4)26(3)11-10-19(29)12-18(26)13-23(25)30/h15-18,20-25,30-31H,5-14H2,1-4H3/t16?,17-,18+,20-,21+,22+,23-,24+,25+,26+,27-/m1/s1. The maximum absolute atomic E-state index is 12.1. The maximum Gasteiger partial charge on any atom is 0.133 e. The minimum absolute atomic E-state index is 0.0782. The number of hydrogen-bond donors (Lipinski definition) is 2. The Bertz CT molecular complexity index is 691. The monoisotopic (exact) mass is 432 g/mol. The van der Waals surface area contributed by atoms with Gasteiger partial charge in [-0.15, -0.1) is 0 Å². The van der Waals surface area contributed by atoms with Crippen molar-refractivity contribution in [3.05, 3.63) is 0 Å². The molecule has 0 saturated heterocycles. The van der Waals surface area contributed by atoms with Gasteiger partial charge in [-0.1, -0.05) is 40.5 Å². The number of Topliss-reactive ketones (excluding diaryl/α,β-unsaturated/α-hetero) is 1. The van der Waals surface area contributed by atoms with E-state index in [0.29, 0.717) is 42.3 Å². The summed E-state index contributed by atoms with van der Waals surface area (Å²) in [6.07, 6.45) is 9.50. The van der Waals surface area contributed by atoms with E-state index in [1.54, 1.807) is 0 Å². The van der Waals surface area contributed by atoms with Crippen molar-refractivity contribution < 1.29 is 19.8 Å². The fraction of sp³-hybridized carbons (Fsp3) is 0.926. The average molecular weight is 433 g/mol. The molecule has 2 N–H and O–H groups in total. The second-order valence-electron chi connectivity index (χ2n) is 12.4. The fourth-order valence-corrected chi connectivity index (χ4v) is 8.98. The molecule has 31 heavy (non-hydrogen) atoms. The molecule has 11 atom stereocenters. The highest BCUT2D eigenvalue weighted by molar-refractivity contribution is 5.79. The zero-order valence-electron chi connectivity index (χ0n) is 20.1. The summed E-state index contributed by atoms with van der Waals surface area (Å²) in [7, 11) is 0. The number of aliphatic hydroxyl groups excluding tert-OH is 2. The molecule has 0 aromatic carbocycles. The van der Waals surface area contributed by atoms with Gasteiger partial charge in [0, 0.05) is 18.8 Å². The number of fused-ring (bicyclic) bond motifs is 5. The third kappa shape index (κ3) is 3.74. The predicted molar refractivity (Wildman–Crippen MR) is 121 cm³/mol. The normalized spacial score (nSPS) is 49.0. The van der Waals surface area contributed by atoms with Crippen LogP contribution in [0.2, 0.25) is 0 Å². The van der Waals surface area contributed by atoms with Gasteiger partial charge >= 0.3 is 0 Å². The molecule has 4 heteroatoms. The molecule has 0 amide bonds. The third-order valence-electron chi connectivity index (χ3n) is 10.9. The highest BCUT2D eigenvalue weighted by atomic mass is 16.3. The van der Waals surface area contributed by atoms with Gasteiger partial charge in [-0.3, -0.25) is 4.79 Å². The number of aldehydes is 1. The minimum Gasteiger partial charge on any atom is -0.393 e. The van der Waals surface area contributed by atoms with E-state index in [0.717, 1.165) is 57.7 Å². The van der Waals surface area contributed by atoms with Crippen LogP contribution in [-0.2, 0) is 9.59 Å². The van der Waals surface area contributed by atoms with Gasteiger partial charge in [-0.25, -0.2) is 0 Å². The van der Waals surface area contributed by atoms with Gasteiger partial charge in [0.2, 0.25) is 0 Å². The lowest BCUT2D eigenvalue weighted by Gasteiger charge is -2.63. The SMILES string of the molecule is CC(C=O)CCC[C@@H](C)[C@H]1CC[C@H]2[C@@H]3[C@H](O)C[C@@H]4CC(=O)CC[C@]4(C)[C@H]3C[C@H](O)[C@]12C. The highest BCUT2D eigenvalue weighted by Crippen LogP contribution is 2.68. The Balaban J connectivity index is 1.54. The molecule has 0 aromatic rings. The number of hydrogen-bond acceptors (Lipinski definition) is 4. The van der Waals surface area contributed by atoms with Crippen LogP contribution in [0, 0.1) is 52.3 Å². The fourth-order valence-electron chi connectivity index (χ4n) is 8.98. The number of carbonyl (C=O) groups is 2. The van der Waals surface area contributed by atoms with Crippen LogP contribution in [0.4, 0.5) is 0 Å². The van der Waals surface area contributed by atoms with Crippen LogP contribution >= 0.6 is 0 Å². The first-order valence-electron chi connectivity index (χ1n) is 13.0. The Hall–Kier alpha value is -0.740. The Morgan fingerprint density at radius 3 is 2.55 bits per heavy atom. The molecule has 0 bridgehead atoms. The molecule has 4 rings (SSSR count). The van der Waals surface area contributed by atoms with Crippen LogP contribution in [-0.4, -0.2) is 34.5 Å². The molecule has 0 radical (unpaired) electrons. The molecule has 0 aliphatic heterocycles. The lowest BCUT2D eigenvalue weighted by Crippen LogP contribution is -2.62. The molecular formula is C27H44O4. The van der Waals surface area contributed by atoms with Gasteiger partial charge in [0.1, 0.15) is 12.1 Å². The van der Waals surface area contributed by atoms with Crippen LogP contribution in [0.15, 0.2) is 0 Å². The molecule has 176 valence electrons. The summed E-state index contributed by atoms with van der Waals surface area (Å²) in [6, 6.07) is 0. The summed E-state index contributed by atoms with van der Waals surface area (Å²) in [5.74, 6) is 2.72. The summed E-state index contributed by atoms with van der Waals surface area (Å²) in [6.45, 7) is 9.00. The second-order valence-corrected chi connectivity index (χ2v) is 12.4. The van der Waals surface area contributed by atoms with Crippen molar-refractivity contribution in [3.63, 3.8) is 0 Å². The first kappa shape index (κ1) is 23.4. The number of ketones is 1. The second kappa shape index (κ2) is 8.56. The Morgan fingerprint density at radius 2 is 1.84 bits per heavy atom. The van der Waals surface area contributed by atoms with Gasteiger partial charge < -0.3 is 15.0 Å². The number of carbonyl (C=O) groups excluding carboxylic acids is 2. The zero-order chi connectivity index (χ0) is 22.6. The molecule has 0 aromatic heterocycles. The Morgan fingerprint density at radius 1 is 1.10 bits per heavy atom. The topological polar surface area (TPSA) is 74.6 Å². The molecule has 4 aliphatic carbocycles. The molecule has 1 unspecified atom stereocenters. The van der Waals surface area contributed by atoms with Crippen molar-refractivity contribution in [1.29, 1.82) is 0 Å². The van der Waals surface area contributed by atoms with Crippen LogP contribution in [0.3, 0.4) is 0 Å². The highest BCUT2D eigenvalue weighted by Gasteiger charge is 2.65. The van der Waals surface area contributed by atoms with Crippen LogP contribution in [0.25, 0.3) is 0 Å². The van der Waals surface area contributed by atoms with Crippen LogP contribution in [0.1, 0.15) is 91.9 Å². The van der Waals surface area contributed by atoms with Crippen molar-refractivity contribution in [3.8, 4) is 0 Å². The molecule has 0 spiro atoms. The molecule has 0 heterocycles. The van der Waals surface area contributed by atoms with Crippen molar-refractivity contribution >= 4 is 12.1 Å². The summed E-state index contributed by atoms with van der Waals surface area (Å²) >= 11 is 0. The minimum atomic E-state index is -0.340. The van der Waals surface area contributed by atoms with E-state index >= 15 is 0 Å². The van der Waals surface area contributed by atoms with E-state index in [1.165, 1.54) is 0 Å². The Labute approximate surface area is 188 Å².